The summed E-state index contributed by atoms with van der Waals surface area (Å²) in [4.78, 5) is 26.1. The van der Waals surface area contributed by atoms with Gasteiger partial charge in [-0.15, -0.1) is 0 Å². The molecule has 0 aliphatic carbocycles. The van der Waals surface area contributed by atoms with Gasteiger partial charge in [-0.3, -0.25) is 9.59 Å². The van der Waals surface area contributed by atoms with Gasteiger partial charge < -0.3 is 15.6 Å². The van der Waals surface area contributed by atoms with E-state index in [-0.39, 0.29) is 12.5 Å². The van der Waals surface area contributed by atoms with Crippen LogP contribution in [0.1, 0.15) is 10.4 Å². The highest BCUT2D eigenvalue weighted by atomic mass is 16.2. The Kier molecular flexibility index (Phi) is 3.38. The van der Waals surface area contributed by atoms with E-state index in [1.165, 1.54) is 0 Å². The predicted octanol–water partition coefficient (Wildman–Crippen LogP) is 0.0874. The summed E-state index contributed by atoms with van der Waals surface area (Å²) in [7, 11) is 0. The van der Waals surface area contributed by atoms with Crippen molar-refractivity contribution in [2.45, 2.75) is 0 Å². The number of primary amides is 1. The molecule has 92 valence electrons. The number of imidazole rings is 1. The molecule has 0 aliphatic rings. The number of nitrogens with one attached hydrogen (secondary N) is 1. The molecule has 1 aromatic carbocycles. The molecular weight excluding hydrogens is 232 g/mol. The van der Waals surface area contributed by atoms with Crippen LogP contribution in [0.2, 0.25) is 0 Å². The number of carbonyl (C=O) groups excluding carboxylic acids is 2. The fraction of sp³-hybridized carbons (Fsp3) is 0.0833. The number of amides is 2. The van der Waals surface area contributed by atoms with E-state index in [2.05, 4.69) is 10.3 Å². The van der Waals surface area contributed by atoms with Gasteiger partial charge in [-0.05, 0) is 24.3 Å². The summed E-state index contributed by atoms with van der Waals surface area (Å²) in [5.74, 6) is -0.899. The summed E-state index contributed by atoms with van der Waals surface area (Å²) in [5, 5.41) is 2.42. The van der Waals surface area contributed by atoms with E-state index >= 15 is 0 Å². The minimum atomic E-state index is -0.571. The van der Waals surface area contributed by atoms with E-state index in [4.69, 9.17) is 5.73 Å². The number of rotatable bonds is 4. The Hall–Kier alpha value is -2.63. The molecule has 18 heavy (non-hydrogen) atoms. The molecule has 0 radical (unpaired) electrons. The number of benzene rings is 1. The Morgan fingerprint density at radius 2 is 2.00 bits per heavy atom. The summed E-state index contributed by atoms with van der Waals surface area (Å²) in [6, 6.07) is 6.93. The first-order chi connectivity index (χ1) is 8.66. The van der Waals surface area contributed by atoms with Crippen LogP contribution in [-0.4, -0.2) is 27.9 Å². The third-order valence-electron chi connectivity index (χ3n) is 2.36. The lowest BCUT2D eigenvalue weighted by Gasteiger charge is -2.05. The molecule has 2 rings (SSSR count). The van der Waals surface area contributed by atoms with Gasteiger partial charge in [-0.2, -0.15) is 0 Å². The highest BCUT2D eigenvalue weighted by Gasteiger charge is 2.06. The van der Waals surface area contributed by atoms with Crippen molar-refractivity contribution in [3.63, 3.8) is 0 Å². The molecular formula is C12H12N4O2. The third kappa shape index (κ3) is 2.73. The zero-order valence-electron chi connectivity index (χ0n) is 9.54. The number of carbonyl (C=O) groups is 2. The molecule has 3 N–H and O–H groups in total. The zero-order chi connectivity index (χ0) is 13.0. The number of nitrogens with two attached hydrogens (primary N) is 1. The fourth-order valence-electron chi connectivity index (χ4n) is 1.47. The van der Waals surface area contributed by atoms with Crippen LogP contribution in [0, 0.1) is 0 Å². The molecule has 0 fully saturated rings. The Morgan fingerprint density at radius 1 is 1.28 bits per heavy atom. The zero-order valence-corrected chi connectivity index (χ0v) is 9.54. The maximum absolute atomic E-state index is 11.6. The van der Waals surface area contributed by atoms with E-state index in [1.807, 2.05) is 10.8 Å². The maximum atomic E-state index is 11.6. The van der Waals surface area contributed by atoms with Crippen LogP contribution >= 0.6 is 0 Å². The predicted molar refractivity (Wildman–Crippen MR) is 65.1 cm³/mol. The van der Waals surface area contributed by atoms with Gasteiger partial charge in [-0.25, -0.2) is 4.98 Å². The molecule has 0 aliphatic heterocycles. The summed E-state index contributed by atoms with van der Waals surface area (Å²) in [5.41, 5.74) is 6.32. The van der Waals surface area contributed by atoms with Gasteiger partial charge in [0, 0.05) is 23.6 Å². The Labute approximate surface area is 103 Å². The average molecular weight is 244 g/mol. The lowest BCUT2D eigenvalue weighted by molar-refractivity contribution is -0.117. The number of hydrogen-bond acceptors (Lipinski definition) is 3. The third-order valence-corrected chi connectivity index (χ3v) is 2.36. The SMILES string of the molecule is NC(=O)CNC(=O)c1ccc(-n2ccnc2)cc1. The van der Waals surface area contributed by atoms with Crippen molar-refractivity contribution in [3.05, 3.63) is 48.5 Å². The van der Waals surface area contributed by atoms with Crippen LogP contribution in [0.4, 0.5) is 0 Å². The second-order valence-electron chi connectivity index (χ2n) is 3.67. The van der Waals surface area contributed by atoms with Crippen molar-refractivity contribution >= 4 is 11.8 Å². The molecule has 0 saturated heterocycles. The second-order valence-corrected chi connectivity index (χ2v) is 3.67. The highest BCUT2D eigenvalue weighted by molar-refractivity contribution is 5.96. The first-order valence-electron chi connectivity index (χ1n) is 5.32. The van der Waals surface area contributed by atoms with E-state index in [0.717, 1.165) is 5.69 Å². The molecule has 2 aromatic rings. The van der Waals surface area contributed by atoms with Gasteiger partial charge in [0.15, 0.2) is 0 Å². The Bertz CT molecular complexity index is 546. The molecule has 0 atom stereocenters. The van der Waals surface area contributed by atoms with Gasteiger partial charge in [0.05, 0.1) is 12.9 Å². The van der Waals surface area contributed by atoms with Gasteiger partial charge in [0.25, 0.3) is 5.91 Å². The second kappa shape index (κ2) is 5.13. The molecule has 0 bridgehead atoms. The minimum Gasteiger partial charge on any atom is -0.368 e. The molecule has 1 aromatic heterocycles. The smallest absolute Gasteiger partial charge is 0.251 e. The minimum absolute atomic E-state index is 0.165. The van der Waals surface area contributed by atoms with Crippen molar-refractivity contribution in [1.29, 1.82) is 0 Å². The van der Waals surface area contributed by atoms with E-state index < -0.39 is 5.91 Å². The number of nitrogens with zero attached hydrogens (tertiary/aromatic N) is 2. The monoisotopic (exact) mass is 244 g/mol. The van der Waals surface area contributed by atoms with Crippen LogP contribution < -0.4 is 11.1 Å². The standard InChI is InChI=1S/C12H12N4O2/c13-11(17)7-15-12(18)9-1-3-10(4-2-9)16-6-5-14-8-16/h1-6,8H,7H2,(H2,13,17)(H,15,18). The summed E-state index contributed by atoms with van der Waals surface area (Å²) in [6.45, 7) is -0.165. The van der Waals surface area contributed by atoms with Crippen molar-refractivity contribution in [1.82, 2.24) is 14.9 Å². The van der Waals surface area contributed by atoms with E-state index in [1.54, 1.807) is 36.8 Å². The van der Waals surface area contributed by atoms with Crippen LogP contribution in [0.25, 0.3) is 5.69 Å². The Morgan fingerprint density at radius 3 is 2.56 bits per heavy atom. The van der Waals surface area contributed by atoms with Gasteiger partial charge in [0.2, 0.25) is 5.91 Å². The van der Waals surface area contributed by atoms with Crippen LogP contribution in [-0.2, 0) is 4.79 Å². The molecule has 0 unspecified atom stereocenters. The molecule has 2 amide bonds. The van der Waals surface area contributed by atoms with Gasteiger partial charge >= 0.3 is 0 Å². The molecule has 1 heterocycles. The summed E-state index contributed by atoms with van der Waals surface area (Å²) >= 11 is 0. The van der Waals surface area contributed by atoms with Crippen molar-refractivity contribution in [2.75, 3.05) is 6.54 Å². The normalized spacial score (nSPS) is 10.0. The first-order valence-corrected chi connectivity index (χ1v) is 5.32. The summed E-state index contributed by atoms with van der Waals surface area (Å²) < 4.78 is 1.82. The van der Waals surface area contributed by atoms with Gasteiger partial charge in [-0.1, -0.05) is 0 Å². The molecule has 6 nitrogen and oxygen atoms in total. The largest absolute Gasteiger partial charge is 0.368 e. The van der Waals surface area contributed by atoms with Crippen LogP contribution in [0.5, 0.6) is 0 Å². The van der Waals surface area contributed by atoms with Crippen molar-refractivity contribution in [2.24, 2.45) is 5.73 Å². The van der Waals surface area contributed by atoms with Crippen molar-refractivity contribution < 1.29 is 9.59 Å². The first kappa shape index (κ1) is 11.8. The molecule has 0 saturated carbocycles. The average Bonchev–Trinajstić information content (AvgIpc) is 2.90. The Balaban J connectivity index is 2.08. The lowest BCUT2D eigenvalue weighted by atomic mass is 10.2. The van der Waals surface area contributed by atoms with Crippen LogP contribution in [0.3, 0.4) is 0 Å². The van der Waals surface area contributed by atoms with E-state index in [9.17, 15) is 9.59 Å². The fourth-order valence-corrected chi connectivity index (χ4v) is 1.47. The van der Waals surface area contributed by atoms with Crippen LogP contribution in [0.15, 0.2) is 43.0 Å². The topological polar surface area (TPSA) is 90.0 Å². The summed E-state index contributed by atoms with van der Waals surface area (Å²) in [6.07, 6.45) is 5.15. The quantitative estimate of drug-likeness (QED) is 0.798. The van der Waals surface area contributed by atoms with Crippen molar-refractivity contribution in [3.8, 4) is 5.69 Å². The lowest BCUT2D eigenvalue weighted by Crippen LogP contribution is -2.33. The number of aromatic nitrogens is 2. The van der Waals surface area contributed by atoms with Gasteiger partial charge in [0.1, 0.15) is 0 Å². The maximum Gasteiger partial charge on any atom is 0.251 e. The molecule has 6 heteroatoms. The van der Waals surface area contributed by atoms with E-state index in [0.29, 0.717) is 5.56 Å². The molecule has 0 spiro atoms. The number of hydrogen-bond donors (Lipinski definition) is 2. The highest BCUT2D eigenvalue weighted by Crippen LogP contribution is 2.09.